The minimum atomic E-state index is -1.62. The number of nitrogens with zero attached hydrogens (tertiary/aromatic N) is 1. The second-order valence-corrected chi connectivity index (χ2v) is 9.74. The summed E-state index contributed by atoms with van der Waals surface area (Å²) in [6, 6.07) is 18.4. The number of esters is 2. The van der Waals surface area contributed by atoms with Gasteiger partial charge in [0.25, 0.3) is 5.91 Å². The van der Waals surface area contributed by atoms with Crippen molar-refractivity contribution in [1.29, 1.82) is 0 Å². The number of halogens is 1. The molecule has 0 saturated heterocycles. The highest BCUT2D eigenvalue weighted by molar-refractivity contribution is 6.30. The van der Waals surface area contributed by atoms with E-state index in [0.717, 1.165) is 16.7 Å². The Morgan fingerprint density at radius 1 is 1.02 bits per heavy atom. The molecule has 2 atom stereocenters. The number of aliphatic hydroxyl groups excluding tert-OH is 1. The fourth-order valence-electron chi connectivity index (χ4n) is 4.02. The maximum absolute atomic E-state index is 13.1. The first-order valence-corrected chi connectivity index (χ1v) is 13.2. The van der Waals surface area contributed by atoms with Gasteiger partial charge in [-0.3, -0.25) is 14.8 Å². The van der Waals surface area contributed by atoms with Crippen molar-refractivity contribution in [3.8, 4) is 11.1 Å². The number of hydrogen-bond acceptors (Lipinski definition) is 10. The lowest BCUT2D eigenvalue weighted by molar-refractivity contribution is -0.173. The molecule has 7 N–H and O–H groups in total. The van der Waals surface area contributed by atoms with Crippen LogP contribution in [0, 0.1) is 0 Å². The number of nitrogens with one attached hydrogen (secondary N) is 1. The zero-order valence-corrected chi connectivity index (χ0v) is 23.2. The highest BCUT2D eigenvalue weighted by Gasteiger charge is 2.25. The van der Waals surface area contributed by atoms with Crippen LogP contribution in [0.25, 0.3) is 11.1 Å². The van der Waals surface area contributed by atoms with Gasteiger partial charge in [-0.15, -0.1) is 0 Å². The van der Waals surface area contributed by atoms with E-state index in [1.807, 2.05) is 42.5 Å². The van der Waals surface area contributed by atoms with Crippen LogP contribution in [0.2, 0.25) is 5.02 Å². The summed E-state index contributed by atoms with van der Waals surface area (Å²) in [7, 11) is 0. The van der Waals surface area contributed by atoms with Crippen molar-refractivity contribution in [2.45, 2.75) is 44.8 Å². The number of hydrogen-bond donors (Lipinski definition) is 5. The maximum Gasteiger partial charge on any atom is 0.337 e. The van der Waals surface area contributed by atoms with E-state index in [9.17, 15) is 24.7 Å². The molecule has 1 amide bonds. The highest BCUT2D eigenvalue weighted by Crippen LogP contribution is 2.24. The summed E-state index contributed by atoms with van der Waals surface area (Å²) in [6.07, 6.45) is -0.810. The van der Waals surface area contributed by atoms with Gasteiger partial charge < -0.3 is 25.6 Å². The van der Waals surface area contributed by atoms with Crippen LogP contribution in [0.5, 0.6) is 0 Å². The lowest BCUT2D eigenvalue weighted by Gasteiger charge is -2.22. The Bertz CT molecular complexity index is 1350. The average molecular weight is 585 g/mol. The Kier molecular flexibility index (Phi) is 11.5. The number of nitrogens with two attached hydrogens (primary N) is 2. The fourth-order valence-corrected chi connectivity index (χ4v) is 4.21. The number of benzene rings is 3. The molecule has 0 heterocycles. The monoisotopic (exact) mass is 584 g/mol. The summed E-state index contributed by atoms with van der Waals surface area (Å²) in [5.41, 5.74) is 8.79. The van der Waals surface area contributed by atoms with E-state index < -0.39 is 36.8 Å². The molecule has 0 bridgehead atoms. The van der Waals surface area contributed by atoms with Gasteiger partial charge in [-0.05, 0) is 59.9 Å². The lowest BCUT2D eigenvalue weighted by atomic mass is 9.97. The smallest absolute Gasteiger partial charge is 0.337 e. The SMILES string of the molecule is CCCC(=O)OCOC(=O)C(O)C[C@@H](Cc1ccc(-c2cccc(Cl)c2)cc1)NC(=O)c1ccc(N)c(N(N)O)c1. The van der Waals surface area contributed by atoms with Crippen molar-refractivity contribution in [2.75, 3.05) is 17.7 Å². The molecule has 0 aliphatic carbocycles. The maximum atomic E-state index is 13.1. The predicted molar refractivity (Wildman–Crippen MR) is 154 cm³/mol. The molecule has 11 nitrogen and oxygen atoms in total. The summed E-state index contributed by atoms with van der Waals surface area (Å²) >= 11 is 6.11. The van der Waals surface area contributed by atoms with Crippen molar-refractivity contribution in [3.63, 3.8) is 0 Å². The minimum absolute atomic E-state index is 0.0204. The standard InChI is InChI=1S/C29H33ClN4O7/c1-2-4-27(36)40-17-41-29(38)26(35)16-23(33-28(37)21-11-12-24(31)25(15-21)34(32)39)13-18-7-9-19(10-8-18)20-5-3-6-22(30)14-20/h3,5-12,14-15,23,26,35,39H,2,4,13,16-17,31-32H2,1H3,(H,33,37)/t23-,26?/m1/s1. The van der Waals surface area contributed by atoms with Crippen molar-refractivity contribution < 1.29 is 34.2 Å². The third-order valence-electron chi connectivity index (χ3n) is 6.12. The number of anilines is 2. The molecular weight excluding hydrogens is 552 g/mol. The van der Waals surface area contributed by atoms with Gasteiger partial charge in [0, 0.05) is 29.5 Å². The average Bonchev–Trinajstić information content (AvgIpc) is 2.93. The summed E-state index contributed by atoms with van der Waals surface area (Å²) in [4.78, 5) is 37.0. The molecule has 1 unspecified atom stereocenters. The van der Waals surface area contributed by atoms with Gasteiger partial charge in [-0.2, -0.15) is 5.17 Å². The van der Waals surface area contributed by atoms with Gasteiger partial charge in [0.1, 0.15) is 5.69 Å². The number of hydrazine groups is 1. The Morgan fingerprint density at radius 3 is 2.41 bits per heavy atom. The van der Waals surface area contributed by atoms with Gasteiger partial charge >= 0.3 is 11.9 Å². The molecule has 41 heavy (non-hydrogen) atoms. The topological polar surface area (TPSA) is 177 Å². The van der Waals surface area contributed by atoms with Gasteiger partial charge in [-0.1, -0.05) is 54.9 Å². The summed E-state index contributed by atoms with van der Waals surface area (Å²) in [6.45, 7) is 1.18. The molecule has 0 aromatic heterocycles. The Balaban J connectivity index is 1.75. The van der Waals surface area contributed by atoms with Crippen molar-refractivity contribution in [3.05, 3.63) is 82.9 Å². The third-order valence-corrected chi connectivity index (χ3v) is 6.36. The van der Waals surface area contributed by atoms with Crippen LogP contribution in [-0.4, -0.2) is 47.1 Å². The van der Waals surface area contributed by atoms with Gasteiger partial charge in [-0.25, -0.2) is 10.6 Å². The van der Waals surface area contributed by atoms with E-state index in [0.29, 0.717) is 16.6 Å². The van der Waals surface area contributed by atoms with Crippen molar-refractivity contribution in [1.82, 2.24) is 5.32 Å². The zero-order valence-electron chi connectivity index (χ0n) is 22.5. The molecule has 12 heteroatoms. The molecule has 3 aromatic carbocycles. The predicted octanol–water partition coefficient (Wildman–Crippen LogP) is 3.59. The van der Waals surface area contributed by atoms with Crippen molar-refractivity contribution >= 4 is 40.8 Å². The molecule has 218 valence electrons. The number of amides is 1. The molecule has 0 aliphatic rings. The number of rotatable bonds is 13. The molecule has 0 aliphatic heterocycles. The third kappa shape index (κ3) is 9.47. The van der Waals surface area contributed by atoms with Crippen LogP contribution in [0.1, 0.15) is 42.1 Å². The van der Waals surface area contributed by atoms with E-state index in [2.05, 4.69) is 5.32 Å². The molecular formula is C29H33ClN4O7. The number of carbonyl (C=O) groups excluding carboxylic acids is 3. The van der Waals surface area contributed by atoms with Crippen LogP contribution in [-0.2, 0) is 25.5 Å². The highest BCUT2D eigenvalue weighted by atomic mass is 35.5. The molecule has 3 aromatic rings. The summed E-state index contributed by atoms with van der Waals surface area (Å²) in [5.74, 6) is 3.30. The lowest BCUT2D eigenvalue weighted by Crippen LogP contribution is -2.41. The van der Waals surface area contributed by atoms with Crippen LogP contribution < -0.4 is 22.1 Å². The van der Waals surface area contributed by atoms with Crippen molar-refractivity contribution in [2.24, 2.45) is 5.84 Å². The number of carbonyl (C=O) groups is 3. The molecule has 0 spiro atoms. The largest absolute Gasteiger partial charge is 0.428 e. The van der Waals surface area contributed by atoms with Crippen LogP contribution in [0.3, 0.4) is 0 Å². The van der Waals surface area contributed by atoms with Crippen LogP contribution in [0.4, 0.5) is 11.4 Å². The van der Waals surface area contributed by atoms with E-state index in [1.54, 1.807) is 13.0 Å². The molecule has 3 rings (SSSR count). The number of nitrogen functional groups attached to an aromatic ring is 1. The van der Waals surface area contributed by atoms with Gasteiger partial charge in [0.05, 0.1) is 5.69 Å². The molecule has 0 fully saturated rings. The number of ether oxygens (including phenoxy) is 2. The quantitative estimate of drug-likeness (QED) is 0.0655. The van der Waals surface area contributed by atoms with E-state index >= 15 is 0 Å². The Morgan fingerprint density at radius 2 is 1.76 bits per heavy atom. The van der Waals surface area contributed by atoms with E-state index in [-0.39, 0.29) is 36.2 Å². The number of aliphatic hydroxyl groups is 1. The minimum Gasteiger partial charge on any atom is -0.428 e. The van der Waals surface area contributed by atoms with E-state index in [4.69, 9.17) is 32.7 Å². The second-order valence-electron chi connectivity index (χ2n) is 9.30. The summed E-state index contributed by atoms with van der Waals surface area (Å²) in [5, 5.41) is 23.9. The Hall–Kier alpha value is -4.16. The van der Waals surface area contributed by atoms with Gasteiger partial charge in [0.15, 0.2) is 6.10 Å². The fraction of sp³-hybridized carbons (Fsp3) is 0.276. The zero-order chi connectivity index (χ0) is 29.9. The summed E-state index contributed by atoms with van der Waals surface area (Å²) < 4.78 is 9.68. The first-order chi connectivity index (χ1) is 19.6. The molecule has 0 radical (unpaired) electrons. The van der Waals surface area contributed by atoms with Crippen LogP contribution in [0.15, 0.2) is 66.7 Å². The first-order valence-electron chi connectivity index (χ1n) is 12.9. The normalized spacial score (nSPS) is 12.2. The van der Waals surface area contributed by atoms with E-state index in [1.165, 1.54) is 18.2 Å². The molecule has 0 saturated carbocycles. The second kappa shape index (κ2) is 15.0. The van der Waals surface area contributed by atoms with Crippen LogP contribution >= 0.6 is 11.6 Å². The van der Waals surface area contributed by atoms with Gasteiger partial charge in [0.2, 0.25) is 6.79 Å². The first kappa shape index (κ1) is 31.4. The Labute approximate surface area is 242 Å².